The molecule has 13 heteroatoms. The number of nitrogens with zero attached hydrogens (tertiary/aromatic N) is 5. The van der Waals surface area contributed by atoms with Crippen LogP contribution in [0.5, 0.6) is 0 Å². The molecule has 0 unspecified atom stereocenters. The highest BCUT2D eigenvalue weighted by atomic mass is 19.1. The van der Waals surface area contributed by atoms with Crippen LogP contribution in [-0.2, 0) is 20.8 Å². The summed E-state index contributed by atoms with van der Waals surface area (Å²) in [6, 6.07) is 2.24. The summed E-state index contributed by atoms with van der Waals surface area (Å²) in [4.78, 5) is 26.3. The molecule has 1 spiro atoms. The molecule has 4 heterocycles. The van der Waals surface area contributed by atoms with E-state index >= 15 is 0 Å². The number of ether oxygens (including phenoxy) is 3. The van der Waals surface area contributed by atoms with Crippen LogP contribution in [-0.4, -0.2) is 71.7 Å². The number of aromatic nitrogens is 3. The molecule has 3 aliphatic rings. The van der Waals surface area contributed by atoms with Gasteiger partial charge in [-0.3, -0.25) is 9.69 Å². The molecule has 2 N–H and O–H groups in total. The summed E-state index contributed by atoms with van der Waals surface area (Å²) >= 11 is 0. The molecule has 2 amide bonds. The summed E-state index contributed by atoms with van der Waals surface area (Å²) in [6.45, 7) is 1.95. The van der Waals surface area contributed by atoms with Gasteiger partial charge >= 0.3 is 6.09 Å². The Labute approximate surface area is 186 Å². The number of amides is 2. The number of carbonyl (C=O) groups is 2. The number of rotatable bonds is 5. The van der Waals surface area contributed by atoms with Crippen LogP contribution in [0.4, 0.5) is 25.0 Å². The SMILES string of the molecule is NC(=O)c1cn(C[C@H]2CN(c3cc(F)c(N4CCC5(CC4)OCCO5)c(F)c3)C(=O)O2)nn1. The number of primary amides is 1. The Morgan fingerprint density at radius 1 is 1.18 bits per heavy atom. The molecule has 3 fully saturated rings. The van der Waals surface area contributed by atoms with Crippen LogP contribution in [0.15, 0.2) is 18.3 Å². The first-order valence-corrected chi connectivity index (χ1v) is 10.5. The Kier molecular flexibility index (Phi) is 5.37. The molecular formula is C20H22F2N6O5. The average molecular weight is 464 g/mol. The molecule has 0 radical (unpaired) electrons. The van der Waals surface area contributed by atoms with E-state index in [1.54, 1.807) is 4.90 Å². The van der Waals surface area contributed by atoms with Gasteiger partial charge in [0.25, 0.3) is 5.91 Å². The number of piperidine rings is 1. The fourth-order valence-corrected chi connectivity index (χ4v) is 4.40. The van der Waals surface area contributed by atoms with Crippen LogP contribution < -0.4 is 15.5 Å². The normalized spacial score (nSPS) is 22.2. The lowest BCUT2D eigenvalue weighted by Gasteiger charge is -2.38. The third-order valence-electron chi connectivity index (χ3n) is 6.02. The first-order valence-electron chi connectivity index (χ1n) is 10.5. The third-order valence-corrected chi connectivity index (χ3v) is 6.02. The molecule has 0 bridgehead atoms. The Morgan fingerprint density at radius 3 is 2.45 bits per heavy atom. The number of hydrogen-bond acceptors (Lipinski definition) is 8. The molecule has 3 aliphatic heterocycles. The van der Waals surface area contributed by atoms with E-state index < -0.39 is 35.5 Å². The zero-order valence-corrected chi connectivity index (χ0v) is 17.6. The van der Waals surface area contributed by atoms with Gasteiger partial charge in [0.2, 0.25) is 0 Å². The molecule has 3 saturated heterocycles. The molecule has 176 valence electrons. The van der Waals surface area contributed by atoms with Gasteiger partial charge in [-0.1, -0.05) is 5.21 Å². The van der Waals surface area contributed by atoms with E-state index in [2.05, 4.69) is 10.3 Å². The molecule has 2 aromatic rings. The predicted octanol–water partition coefficient (Wildman–Crippen LogP) is 1.02. The first-order chi connectivity index (χ1) is 15.8. The summed E-state index contributed by atoms with van der Waals surface area (Å²) in [6.07, 6.45) is 0.950. The monoisotopic (exact) mass is 464 g/mol. The number of halogens is 2. The minimum atomic E-state index is -0.771. The van der Waals surface area contributed by atoms with Crippen molar-refractivity contribution < 1.29 is 32.6 Å². The lowest BCUT2D eigenvalue weighted by Crippen LogP contribution is -2.45. The Bertz CT molecular complexity index is 1060. The second kappa shape index (κ2) is 8.23. The first kappa shape index (κ1) is 21.5. The smallest absolute Gasteiger partial charge is 0.414 e. The van der Waals surface area contributed by atoms with Crippen molar-refractivity contribution in [1.82, 2.24) is 15.0 Å². The van der Waals surface area contributed by atoms with Crippen LogP contribution in [0.3, 0.4) is 0 Å². The van der Waals surface area contributed by atoms with Crippen molar-refractivity contribution in [1.29, 1.82) is 0 Å². The van der Waals surface area contributed by atoms with Crippen LogP contribution in [0, 0.1) is 11.6 Å². The molecular weight excluding hydrogens is 442 g/mol. The second-order valence-corrected chi connectivity index (χ2v) is 8.16. The number of benzene rings is 1. The summed E-state index contributed by atoms with van der Waals surface area (Å²) < 4.78 is 47.9. The summed E-state index contributed by atoms with van der Waals surface area (Å²) in [7, 11) is 0. The molecule has 1 aromatic carbocycles. The number of anilines is 2. The van der Waals surface area contributed by atoms with Gasteiger partial charge in [0.1, 0.15) is 11.8 Å². The van der Waals surface area contributed by atoms with Crippen molar-refractivity contribution in [3.8, 4) is 0 Å². The number of carbonyl (C=O) groups excluding carboxylic acids is 2. The molecule has 1 aromatic heterocycles. The Balaban J connectivity index is 1.27. The van der Waals surface area contributed by atoms with E-state index in [1.165, 1.54) is 10.9 Å². The van der Waals surface area contributed by atoms with Crippen LogP contribution in [0.1, 0.15) is 23.3 Å². The number of nitrogens with two attached hydrogens (primary N) is 1. The van der Waals surface area contributed by atoms with Gasteiger partial charge < -0.3 is 24.8 Å². The minimum Gasteiger partial charge on any atom is -0.442 e. The van der Waals surface area contributed by atoms with E-state index in [1.807, 2.05) is 0 Å². The molecule has 1 atom stereocenters. The van der Waals surface area contributed by atoms with Gasteiger partial charge in [-0.15, -0.1) is 5.10 Å². The number of hydrogen-bond donors (Lipinski definition) is 1. The van der Waals surface area contributed by atoms with Crippen molar-refractivity contribution in [2.24, 2.45) is 5.73 Å². The highest BCUT2D eigenvalue weighted by Crippen LogP contribution is 2.36. The molecule has 5 rings (SSSR count). The van der Waals surface area contributed by atoms with Crippen LogP contribution in [0.2, 0.25) is 0 Å². The predicted molar refractivity (Wildman–Crippen MR) is 109 cm³/mol. The van der Waals surface area contributed by atoms with E-state index in [0.29, 0.717) is 39.1 Å². The maximum absolute atomic E-state index is 15.0. The lowest BCUT2D eigenvalue weighted by atomic mass is 10.0. The van der Waals surface area contributed by atoms with E-state index in [0.717, 1.165) is 17.0 Å². The highest BCUT2D eigenvalue weighted by molar-refractivity contribution is 5.90. The molecule has 0 aliphatic carbocycles. The van der Waals surface area contributed by atoms with Crippen LogP contribution in [0.25, 0.3) is 0 Å². The van der Waals surface area contributed by atoms with E-state index in [4.69, 9.17) is 19.9 Å². The fourth-order valence-electron chi connectivity index (χ4n) is 4.40. The van der Waals surface area contributed by atoms with Gasteiger partial charge in [0.15, 0.2) is 23.1 Å². The topological polar surface area (TPSA) is 125 Å². The van der Waals surface area contributed by atoms with Gasteiger partial charge in [-0.2, -0.15) is 0 Å². The van der Waals surface area contributed by atoms with Crippen molar-refractivity contribution >= 4 is 23.4 Å². The van der Waals surface area contributed by atoms with Crippen molar-refractivity contribution in [3.05, 3.63) is 35.7 Å². The fraction of sp³-hybridized carbons (Fsp3) is 0.500. The minimum absolute atomic E-state index is 0.0226. The van der Waals surface area contributed by atoms with Crippen molar-refractivity contribution in [3.63, 3.8) is 0 Å². The van der Waals surface area contributed by atoms with Crippen LogP contribution >= 0.6 is 0 Å². The Morgan fingerprint density at radius 2 is 1.85 bits per heavy atom. The Hall–Kier alpha value is -3.32. The van der Waals surface area contributed by atoms with E-state index in [-0.39, 0.29) is 30.2 Å². The standard InChI is InChI=1S/C20H22F2N6O5/c21-14-7-12(8-15(22)17(14)26-3-1-20(2-4-26)31-5-6-32-20)28-10-13(33-19(28)30)9-27-11-16(18(23)29)24-25-27/h7-8,11,13H,1-6,9-10H2,(H2,23,29)/t13-/m0/s1. The zero-order chi connectivity index (χ0) is 23.2. The van der Waals surface area contributed by atoms with Gasteiger partial charge in [0.05, 0.1) is 38.2 Å². The van der Waals surface area contributed by atoms with Crippen molar-refractivity contribution in [2.45, 2.75) is 31.3 Å². The molecule has 0 saturated carbocycles. The maximum Gasteiger partial charge on any atom is 0.414 e. The summed E-state index contributed by atoms with van der Waals surface area (Å²) in [5, 5.41) is 7.37. The number of cyclic esters (lactones) is 1. The zero-order valence-electron chi connectivity index (χ0n) is 17.6. The maximum atomic E-state index is 15.0. The van der Waals surface area contributed by atoms with E-state index in [9.17, 15) is 18.4 Å². The second-order valence-electron chi connectivity index (χ2n) is 8.16. The largest absolute Gasteiger partial charge is 0.442 e. The highest BCUT2D eigenvalue weighted by Gasteiger charge is 2.41. The van der Waals surface area contributed by atoms with Gasteiger partial charge in [0, 0.05) is 38.1 Å². The lowest BCUT2D eigenvalue weighted by molar-refractivity contribution is -0.169. The van der Waals surface area contributed by atoms with Crippen molar-refractivity contribution in [2.75, 3.05) is 42.6 Å². The van der Waals surface area contributed by atoms with Gasteiger partial charge in [-0.25, -0.2) is 18.3 Å². The van der Waals surface area contributed by atoms with Gasteiger partial charge in [-0.05, 0) is 0 Å². The summed E-state index contributed by atoms with van der Waals surface area (Å²) in [5.41, 5.74) is 5.03. The average Bonchev–Trinajstić information content (AvgIpc) is 3.50. The third kappa shape index (κ3) is 4.09. The molecule has 33 heavy (non-hydrogen) atoms. The molecule has 11 nitrogen and oxygen atoms in total. The quantitative estimate of drug-likeness (QED) is 0.696. The summed E-state index contributed by atoms with van der Waals surface area (Å²) in [5.74, 6) is -2.93.